The van der Waals surface area contributed by atoms with Crippen molar-refractivity contribution in [2.75, 3.05) is 0 Å². The van der Waals surface area contributed by atoms with E-state index >= 15 is 0 Å². The summed E-state index contributed by atoms with van der Waals surface area (Å²) in [5.41, 5.74) is 6.56. The molecule has 2 heteroatoms. The van der Waals surface area contributed by atoms with Crippen LogP contribution in [0.5, 0.6) is 0 Å². The molecule has 25 heavy (non-hydrogen) atoms. The molecule has 0 amide bonds. The molecule has 122 valence electrons. The number of nitrogens with zero attached hydrogens (tertiary/aromatic N) is 1. The second-order valence-electron chi connectivity index (χ2n) is 6.91. The van der Waals surface area contributed by atoms with Gasteiger partial charge in [-0.15, -0.1) is 0 Å². The maximum atomic E-state index is 2.44. The lowest BCUT2D eigenvalue weighted by molar-refractivity contribution is 0.864. The van der Waals surface area contributed by atoms with E-state index in [-0.39, 0.29) is 0 Å². The van der Waals surface area contributed by atoms with Crippen LogP contribution in [-0.2, 0) is 0 Å². The molecule has 1 aliphatic rings. The fourth-order valence-corrected chi connectivity index (χ4v) is 4.81. The van der Waals surface area contributed by atoms with Gasteiger partial charge in [-0.25, -0.2) is 0 Å². The average Bonchev–Trinajstić information content (AvgIpc) is 3.03. The van der Waals surface area contributed by atoms with E-state index in [1.165, 1.54) is 43.2 Å². The van der Waals surface area contributed by atoms with Gasteiger partial charge in [0.2, 0.25) is 0 Å². The Kier molecular flexibility index (Phi) is 3.29. The fourth-order valence-electron chi connectivity index (χ4n) is 3.66. The Balaban J connectivity index is 1.91. The highest BCUT2D eigenvalue weighted by Gasteiger charge is 2.23. The van der Waals surface area contributed by atoms with Crippen LogP contribution in [0, 0.1) is 0 Å². The summed E-state index contributed by atoms with van der Waals surface area (Å²) < 4.78 is 2.44. The van der Waals surface area contributed by atoms with Crippen molar-refractivity contribution in [3.8, 4) is 16.9 Å². The van der Waals surface area contributed by atoms with Crippen LogP contribution in [-0.4, -0.2) is 4.57 Å². The first-order valence-corrected chi connectivity index (χ1v) is 9.56. The van der Waals surface area contributed by atoms with Gasteiger partial charge in [-0.3, -0.25) is 0 Å². The highest BCUT2D eigenvalue weighted by atomic mass is 32.2. The van der Waals surface area contributed by atoms with E-state index in [0.29, 0.717) is 5.92 Å². The summed E-state index contributed by atoms with van der Waals surface area (Å²) in [6.07, 6.45) is 0. The Labute approximate surface area is 152 Å². The Hall–Kier alpha value is -2.45. The molecule has 2 heterocycles. The van der Waals surface area contributed by atoms with Crippen LogP contribution in [0.3, 0.4) is 0 Å². The van der Waals surface area contributed by atoms with E-state index in [1.807, 2.05) is 11.8 Å². The average molecular weight is 341 g/mol. The lowest BCUT2D eigenvalue weighted by Crippen LogP contribution is -2.03. The topological polar surface area (TPSA) is 4.93 Å². The molecule has 0 aliphatic carbocycles. The van der Waals surface area contributed by atoms with E-state index < -0.39 is 0 Å². The normalized spacial score (nSPS) is 12.6. The van der Waals surface area contributed by atoms with E-state index in [2.05, 4.69) is 91.2 Å². The van der Waals surface area contributed by atoms with Crippen molar-refractivity contribution in [2.45, 2.75) is 29.6 Å². The first kappa shape index (κ1) is 14.9. The molecular formula is C23H19NS. The third-order valence-electron chi connectivity index (χ3n) is 4.95. The SMILES string of the molecule is CC(C)c1cc2c3c(c1)cc(-c1ccccc1)n3-c1ccccc1S2. The molecule has 1 aromatic heterocycles. The van der Waals surface area contributed by atoms with Gasteiger partial charge in [0.1, 0.15) is 0 Å². The molecule has 0 bridgehead atoms. The van der Waals surface area contributed by atoms with Crippen LogP contribution < -0.4 is 0 Å². The molecule has 0 spiro atoms. The molecule has 0 radical (unpaired) electrons. The maximum Gasteiger partial charge on any atom is 0.0675 e. The Morgan fingerprint density at radius 1 is 0.800 bits per heavy atom. The number of rotatable bonds is 2. The van der Waals surface area contributed by atoms with Crippen molar-refractivity contribution in [3.05, 3.63) is 78.4 Å². The van der Waals surface area contributed by atoms with Crippen LogP contribution >= 0.6 is 11.8 Å². The van der Waals surface area contributed by atoms with Crippen molar-refractivity contribution in [2.24, 2.45) is 0 Å². The molecule has 0 atom stereocenters. The zero-order valence-corrected chi connectivity index (χ0v) is 15.2. The third-order valence-corrected chi connectivity index (χ3v) is 6.04. The maximum absolute atomic E-state index is 2.44. The summed E-state index contributed by atoms with van der Waals surface area (Å²) in [7, 11) is 0. The molecule has 4 aromatic rings. The summed E-state index contributed by atoms with van der Waals surface area (Å²) in [6, 6.07) is 26.5. The summed E-state index contributed by atoms with van der Waals surface area (Å²) in [5.74, 6) is 0.530. The van der Waals surface area contributed by atoms with Crippen molar-refractivity contribution in [3.63, 3.8) is 0 Å². The highest BCUT2D eigenvalue weighted by molar-refractivity contribution is 7.99. The number of fused-ring (bicyclic) bond motifs is 2. The zero-order valence-electron chi connectivity index (χ0n) is 14.4. The van der Waals surface area contributed by atoms with E-state index in [1.54, 1.807) is 0 Å². The van der Waals surface area contributed by atoms with Gasteiger partial charge in [0.05, 0.1) is 16.9 Å². The molecule has 0 unspecified atom stereocenters. The molecule has 0 saturated heterocycles. The van der Waals surface area contributed by atoms with Crippen LogP contribution in [0.15, 0.2) is 82.6 Å². The summed E-state index contributed by atoms with van der Waals surface area (Å²) >= 11 is 1.89. The Morgan fingerprint density at radius 2 is 1.56 bits per heavy atom. The van der Waals surface area contributed by atoms with E-state index in [0.717, 1.165) is 0 Å². The minimum Gasteiger partial charge on any atom is -0.307 e. The molecule has 0 fully saturated rings. The predicted molar refractivity (Wildman–Crippen MR) is 107 cm³/mol. The minimum absolute atomic E-state index is 0.530. The smallest absolute Gasteiger partial charge is 0.0675 e. The molecular weight excluding hydrogens is 322 g/mol. The number of para-hydroxylation sites is 1. The summed E-state index contributed by atoms with van der Waals surface area (Å²) in [4.78, 5) is 2.69. The monoisotopic (exact) mass is 341 g/mol. The van der Waals surface area contributed by atoms with Gasteiger partial charge >= 0.3 is 0 Å². The first-order chi connectivity index (χ1) is 12.2. The van der Waals surface area contributed by atoms with Gasteiger partial charge in [0, 0.05) is 15.2 Å². The standard InChI is InChI=1S/C23H19NS/c1-15(2)17-12-18-13-20(16-8-4-3-5-9-16)24-19-10-6-7-11-21(19)25-22(14-17)23(18)24/h3-15H,1-2H3. The van der Waals surface area contributed by atoms with Crippen LogP contribution in [0.25, 0.3) is 27.8 Å². The Bertz CT molecular complexity index is 1090. The lowest BCUT2D eigenvalue weighted by Gasteiger charge is -2.22. The van der Waals surface area contributed by atoms with Crippen LogP contribution in [0.2, 0.25) is 0 Å². The zero-order chi connectivity index (χ0) is 17.0. The number of hydrogen-bond donors (Lipinski definition) is 0. The number of aromatic nitrogens is 1. The second kappa shape index (κ2) is 5.53. The molecule has 5 rings (SSSR count). The van der Waals surface area contributed by atoms with Crippen LogP contribution in [0.4, 0.5) is 0 Å². The van der Waals surface area contributed by atoms with E-state index in [4.69, 9.17) is 0 Å². The predicted octanol–water partition coefficient (Wildman–Crippen LogP) is 6.89. The third kappa shape index (κ3) is 2.25. The highest BCUT2D eigenvalue weighted by Crippen LogP contribution is 2.47. The van der Waals surface area contributed by atoms with Crippen LogP contribution in [0.1, 0.15) is 25.3 Å². The molecule has 1 nitrogen and oxygen atoms in total. The molecule has 3 aromatic carbocycles. The largest absolute Gasteiger partial charge is 0.307 e. The molecule has 1 aliphatic heterocycles. The van der Waals surface area contributed by atoms with E-state index in [9.17, 15) is 0 Å². The van der Waals surface area contributed by atoms with Gasteiger partial charge in [0.25, 0.3) is 0 Å². The van der Waals surface area contributed by atoms with Crippen molar-refractivity contribution < 1.29 is 0 Å². The molecule has 0 saturated carbocycles. The number of benzene rings is 3. The number of hydrogen-bond acceptors (Lipinski definition) is 1. The second-order valence-corrected chi connectivity index (χ2v) is 8.00. The fraction of sp³-hybridized carbons (Fsp3) is 0.130. The van der Waals surface area contributed by atoms with Crippen molar-refractivity contribution >= 4 is 22.7 Å². The summed E-state index contributed by atoms with van der Waals surface area (Å²) in [6.45, 7) is 4.54. The van der Waals surface area contributed by atoms with Gasteiger partial charge in [0.15, 0.2) is 0 Å². The lowest BCUT2D eigenvalue weighted by atomic mass is 10.0. The quantitative estimate of drug-likeness (QED) is 0.338. The van der Waals surface area contributed by atoms with Gasteiger partial charge in [-0.1, -0.05) is 68.1 Å². The molecule has 0 N–H and O–H groups in total. The summed E-state index contributed by atoms with van der Waals surface area (Å²) in [5, 5.41) is 1.34. The van der Waals surface area contributed by atoms with Gasteiger partial charge < -0.3 is 4.57 Å². The van der Waals surface area contributed by atoms with Gasteiger partial charge in [-0.2, -0.15) is 0 Å². The first-order valence-electron chi connectivity index (χ1n) is 8.74. The minimum atomic E-state index is 0.530. The van der Waals surface area contributed by atoms with Gasteiger partial charge in [-0.05, 0) is 47.4 Å². The Morgan fingerprint density at radius 3 is 2.36 bits per heavy atom. The van der Waals surface area contributed by atoms with Crippen molar-refractivity contribution in [1.29, 1.82) is 0 Å². The van der Waals surface area contributed by atoms with Crippen molar-refractivity contribution in [1.82, 2.24) is 4.57 Å².